The van der Waals surface area contributed by atoms with Crippen LogP contribution in [0.3, 0.4) is 0 Å². The molecule has 0 saturated carbocycles. The molecule has 0 aliphatic rings. The summed E-state index contributed by atoms with van der Waals surface area (Å²) in [6, 6.07) is 18.2. The van der Waals surface area contributed by atoms with E-state index >= 15 is 0 Å². The van der Waals surface area contributed by atoms with Crippen LogP contribution in [0.1, 0.15) is 11.3 Å². The number of aromatic nitrogens is 1. The summed E-state index contributed by atoms with van der Waals surface area (Å²) in [5, 5.41) is 8.66. The molecule has 1 heterocycles. The van der Waals surface area contributed by atoms with Crippen LogP contribution in [-0.4, -0.2) is 24.6 Å². The van der Waals surface area contributed by atoms with Crippen LogP contribution in [0.2, 0.25) is 0 Å². The zero-order valence-corrected chi connectivity index (χ0v) is 16.9. The topological polar surface area (TPSA) is 75.4 Å². The molecule has 6 nitrogen and oxygen atoms in total. The number of rotatable bonds is 8. The Kier molecular flexibility index (Phi) is 7.33. The lowest BCUT2D eigenvalue weighted by atomic mass is 10.1. The quantitative estimate of drug-likeness (QED) is 0.509. The van der Waals surface area contributed by atoms with Gasteiger partial charge in [-0.1, -0.05) is 12.1 Å². The smallest absolute Gasteiger partial charge is 0.251 e. The van der Waals surface area contributed by atoms with Gasteiger partial charge in [0.2, 0.25) is 0 Å². The molecule has 156 valence electrons. The van der Waals surface area contributed by atoms with Crippen LogP contribution in [0.5, 0.6) is 11.5 Å². The number of anilines is 1. The average molecular weight is 417 g/mol. The summed E-state index contributed by atoms with van der Waals surface area (Å²) in [5.74, 6) is 0.223. The molecule has 0 bridgehead atoms. The van der Waals surface area contributed by atoms with E-state index in [1.54, 1.807) is 48.7 Å². The molecule has 0 aliphatic heterocycles. The molecule has 1 aromatic heterocycles. The lowest BCUT2D eigenvalue weighted by Gasteiger charge is -2.21. The second-order valence-electron chi connectivity index (χ2n) is 6.41. The summed E-state index contributed by atoms with van der Waals surface area (Å²) in [5.41, 5.74) is 1.97. The Bertz CT molecular complexity index is 1090. The van der Waals surface area contributed by atoms with E-state index in [-0.39, 0.29) is 24.9 Å². The molecule has 0 radical (unpaired) electrons. The highest BCUT2D eigenvalue weighted by Gasteiger charge is 2.15. The standard InChI is InChI=1S/C24H20FN3O3/c1-30-23-16-18(5-11-22(23)31-15-13-26)6-12-24(29)28(17-20-4-2-3-14-27-20)21-9-7-19(25)8-10-21/h2-12,14,16H,15,17H2,1H3/b12-6+. The summed E-state index contributed by atoms with van der Waals surface area (Å²) in [4.78, 5) is 18.8. The van der Waals surface area contributed by atoms with E-state index in [1.807, 2.05) is 18.2 Å². The molecule has 2 aromatic carbocycles. The number of benzene rings is 2. The van der Waals surface area contributed by atoms with Crippen LogP contribution >= 0.6 is 0 Å². The van der Waals surface area contributed by atoms with E-state index < -0.39 is 0 Å². The van der Waals surface area contributed by atoms with Crippen LogP contribution in [-0.2, 0) is 11.3 Å². The summed E-state index contributed by atoms with van der Waals surface area (Å²) in [6.45, 7) is 0.143. The third kappa shape index (κ3) is 5.90. The number of hydrogen-bond acceptors (Lipinski definition) is 5. The van der Waals surface area contributed by atoms with Crippen LogP contribution in [0, 0.1) is 17.1 Å². The Hall–Kier alpha value is -4.18. The van der Waals surface area contributed by atoms with Gasteiger partial charge in [0, 0.05) is 18.0 Å². The minimum atomic E-state index is -0.379. The zero-order valence-electron chi connectivity index (χ0n) is 16.9. The summed E-state index contributed by atoms with van der Waals surface area (Å²) in [7, 11) is 1.50. The number of carbonyl (C=O) groups is 1. The number of carbonyl (C=O) groups excluding carboxylic acids is 1. The minimum absolute atomic E-state index is 0.0931. The Labute approximate surface area is 179 Å². The van der Waals surface area contributed by atoms with Gasteiger partial charge in [0.1, 0.15) is 11.9 Å². The van der Waals surface area contributed by atoms with Gasteiger partial charge in [0.25, 0.3) is 5.91 Å². The van der Waals surface area contributed by atoms with Crippen molar-refractivity contribution in [2.45, 2.75) is 6.54 Å². The van der Waals surface area contributed by atoms with Gasteiger partial charge >= 0.3 is 0 Å². The predicted octanol–water partition coefficient (Wildman–Crippen LogP) is 4.38. The average Bonchev–Trinajstić information content (AvgIpc) is 2.81. The van der Waals surface area contributed by atoms with Crippen molar-refractivity contribution in [1.82, 2.24) is 4.98 Å². The molecule has 0 fully saturated rings. The molecule has 0 unspecified atom stereocenters. The monoisotopic (exact) mass is 417 g/mol. The molecule has 0 spiro atoms. The summed E-state index contributed by atoms with van der Waals surface area (Å²) in [6.07, 6.45) is 4.73. The van der Waals surface area contributed by atoms with E-state index in [0.717, 1.165) is 0 Å². The van der Waals surface area contributed by atoms with Gasteiger partial charge in [-0.3, -0.25) is 9.78 Å². The third-order valence-corrected chi connectivity index (χ3v) is 4.35. The van der Waals surface area contributed by atoms with Gasteiger partial charge in [-0.25, -0.2) is 4.39 Å². The van der Waals surface area contributed by atoms with Crippen LogP contribution in [0.25, 0.3) is 6.08 Å². The van der Waals surface area contributed by atoms with Crippen LogP contribution < -0.4 is 14.4 Å². The first-order chi connectivity index (χ1) is 15.1. The normalized spacial score (nSPS) is 10.5. The number of amides is 1. The molecule has 0 atom stereocenters. The predicted molar refractivity (Wildman–Crippen MR) is 115 cm³/mol. The van der Waals surface area contributed by atoms with E-state index in [2.05, 4.69) is 4.98 Å². The molecule has 0 N–H and O–H groups in total. The van der Waals surface area contributed by atoms with Gasteiger partial charge in [-0.05, 0) is 60.2 Å². The van der Waals surface area contributed by atoms with Gasteiger partial charge in [0.15, 0.2) is 18.1 Å². The van der Waals surface area contributed by atoms with E-state index in [4.69, 9.17) is 14.7 Å². The third-order valence-electron chi connectivity index (χ3n) is 4.35. The lowest BCUT2D eigenvalue weighted by molar-refractivity contribution is -0.114. The summed E-state index contributed by atoms with van der Waals surface area (Å²) < 4.78 is 24.0. The highest BCUT2D eigenvalue weighted by molar-refractivity contribution is 6.03. The van der Waals surface area contributed by atoms with Gasteiger partial charge in [0.05, 0.1) is 19.3 Å². The van der Waals surface area contributed by atoms with Crippen molar-refractivity contribution in [2.24, 2.45) is 0 Å². The number of pyridine rings is 1. The first-order valence-electron chi connectivity index (χ1n) is 9.43. The van der Waals surface area contributed by atoms with Crippen molar-refractivity contribution < 1.29 is 18.7 Å². The fourth-order valence-electron chi connectivity index (χ4n) is 2.85. The minimum Gasteiger partial charge on any atom is -0.493 e. The molecule has 3 aromatic rings. The Balaban J connectivity index is 1.83. The molecular formula is C24H20FN3O3. The van der Waals surface area contributed by atoms with E-state index in [9.17, 15) is 9.18 Å². The molecule has 31 heavy (non-hydrogen) atoms. The fourth-order valence-corrected chi connectivity index (χ4v) is 2.85. The van der Waals surface area contributed by atoms with Crippen molar-refractivity contribution in [3.05, 3.63) is 90.0 Å². The Morgan fingerprint density at radius 2 is 1.97 bits per heavy atom. The van der Waals surface area contributed by atoms with Crippen LogP contribution in [0.15, 0.2) is 72.9 Å². The number of methoxy groups -OCH3 is 1. The van der Waals surface area contributed by atoms with Crippen molar-refractivity contribution in [3.8, 4) is 17.6 Å². The maximum absolute atomic E-state index is 13.4. The molecule has 1 amide bonds. The van der Waals surface area contributed by atoms with E-state index in [1.165, 1.54) is 30.2 Å². The molecular weight excluding hydrogens is 397 g/mol. The summed E-state index contributed by atoms with van der Waals surface area (Å²) >= 11 is 0. The Morgan fingerprint density at radius 1 is 1.16 bits per heavy atom. The Morgan fingerprint density at radius 3 is 2.65 bits per heavy atom. The first kappa shape index (κ1) is 21.5. The van der Waals surface area contributed by atoms with Crippen LogP contribution in [0.4, 0.5) is 10.1 Å². The highest BCUT2D eigenvalue weighted by Crippen LogP contribution is 2.28. The van der Waals surface area contributed by atoms with Crippen molar-refractivity contribution in [2.75, 3.05) is 18.6 Å². The largest absolute Gasteiger partial charge is 0.493 e. The van der Waals surface area contributed by atoms with Gasteiger partial charge in [-0.15, -0.1) is 0 Å². The number of halogens is 1. The van der Waals surface area contributed by atoms with E-state index in [0.29, 0.717) is 28.4 Å². The number of ether oxygens (including phenoxy) is 2. The lowest BCUT2D eigenvalue weighted by Crippen LogP contribution is -2.29. The molecule has 7 heteroatoms. The highest BCUT2D eigenvalue weighted by atomic mass is 19.1. The SMILES string of the molecule is COc1cc(/C=C/C(=O)N(Cc2ccccn2)c2ccc(F)cc2)ccc1OCC#N. The maximum atomic E-state index is 13.4. The second kappa shape index (κ2) is 10.6. The number of nitrogens with zero attached hydrogens (tertiary/aromatic N) is 3. The van der Waals surface area contributed by atoms with Crippen molar-refractivity contribution in [1.29, 1.82) is 5.26 Å². The second-order valence-corrected chi connectivity index (χ2v) is 6.41. The molecule has 0 saturated heterocycles. The zero-order chi connectivity index (χ0) is 22.1. The van der Waals surface area contributed by atoms with Gasteiger partial charge < -0.3 is 14.4 Å². The number of nitriles is 1. The van der Waals surface area contributed by atoms with Gasteiger partial charge in [-0.2, -0.15) is 5.26 Å². The van der Waals surface area contributed by atoms with Crippen molar-refractivity contribution >= 4 is 17.7 Å². The molecule has 0 aliphatic carbocycles. The first-order valence-corrected chi connectivity index (χ1v) is 9.43. The van der Waals surface area contributed by atoms with Crippen molar-refractivity contribution in [3.63, 3.8) is 0 Å². The number of hydrogen-bond donors (Lipinski definition) is 0. The fraction of sp³-hybridized carbons (Fsp3) is 0.125. The molecule has 3 rings (SSSR count). The maximum Gasteiger partial charge on any atom is 0.251 e.